The number of nitrogens with one attached hydrogen (secondary N) is 2. The van der Waals surface area contributed by atoms with Crippen LogP contribution >= 0.6 is 0 Å². The summed E-state index contributed by atoms with van der Waals surface area (Å²) in [7, 11) is 0. The number of hydrogen-bond acceptors (Lipinski definition) is 5. The van der Waals surface area contributed by atoms with Gasteiger partial charge < -0.3 is 20.5 Å². The summed E-state index contributed by atoms with van der Waals surface area (Å²) >= 11 is 0. The fraction of sp³-hybridized carbons (Fsp3) is 0.750. The van der Waals surface area contributed by atoms with Crippen molar-refractivity contribution < 1.29 is 24.2 Å². The Kier molecular flexibility index (Phi) is 13.1. The first-order valence-electron chi connectivity index (χ1n) is 13.5. The number of hydrogen-bond donors (Lipinski definition) is 3. The smallest absolute Gasteiger partial charge is 0.305 e. The molecule has 0 spiro atoms. The summed E-state index contributed by atoms with van der Waals surface area (Å²) in [5.41, 5.74) is -0.560. The second-order valence-electron chi connectivity index (χ2n) is 10.4. The molecule has 198 valence electrons. The lowest BCUT2D eigenvalue weighted by Gasteiger charge is -2.30. The maximum Gasteiger partial charge on any atom is 0.305 e. The van der Waals surface area contributed by atoms with Crippen molar-refractivity contribution in [2.75, 3.05) is 13.2 Å². The maximum absolute atomic E-state index is 13.2. The van der Waals surface area contributed by atoms with Crippen LogP contribution < -0.4 is 10.6 Å². The molecule has 0 aromatic heterocycles. The van der Waals surface area contributed by atoms with E-state index in [1.54, 1.807) is 12.2 Å². The number of amides is 2. The van der Waals surface area contributed by atoms with E-state index in [0.29, 0.717) is 25.2 Å². The summed E-state index contributed by atoms with van der Waals surface area (Å²) in [5, 5.41) is 15.9. The van der Waals surface area contributed by atoms with Crippen LogP contribution in [0.1, 0.15) is 96.3 Å². The van der Waals surface area contributed by atoms with Crippen LogP contribution in [-0.2, 0) is 19.1 Å². The van der Waals surface area contributed by atoms with Crippen molar-refractivity contribution >= 4 is 17.8 Å². The molecule has 2 aliphatic carbocycles. The molecule has 35 heavy (non-hydrogen) atoms. The summed E-state index contributed by atoms with van der Waals surface area (Å²) in [5.74, 6) is -0.751. The second kappa shape index (κ2) is 15.8. The van der Waals surface area contributed by atoms with Crippen LogP contribution in [0.25, 0.3) is 0 Å². The Morgan fingerprint density at radius 2 is 1.77 bits per heavy atom. The maximum atomic E-state index is 13.2. The van der Waals surface area contributed by atoms with Gasteiger partial charge in [0.25, 0.3) is 0 Å². The van der Waals surface area contributed by atoms with Crippen LogP contribution in [0.5, 0.6) is 0 Å². The van der Waals surface area contributed by atoms with E-state index in [1.807, 2.05) is 0 Å². The van der Waals surface area contributed by atoms with Crippen molar-refractivity contribution in [3.8, 4) is 0 Å². The van der Waals surface area contributed by atoms with Crippen LogP contribution in [0.4, 0.5) is 0 Å². The Morgan fingerprint density at radius 3 is 2.40 bits per heavy atom. The number of aliphatic hydroxyl groups is 1. The lowest BCUT2D eigenvalue weighted by molar-refractivity contribution is -0.145. The van der Waals surface area contributed by atoms with E-state index in [1.165, 1.54) is 19.3 Å². The van der Waals surface area contributed by atoms with Gasteiger partial charge in [-0.2, -0.15) is 0 Å². The number of aliphatic hydroxyl groups excluding tert-OH is 1. The zero-order valence-electron chi connectivity index (χ0n) is 21.4. The first-order chi connectivity index (χ1) is 16.9. The largest absolute Gasteiger partial charge is 0.463 e. The standard InChI is InChI=1S/C28H46N2O5/c1-3-5-7-15-26(33)35-20-24(18-22-13-8-6-9-14-22)29-27(34)23(12-4-2)19-25(32)30-28(21-31)16-10-11-17-28/h3-4,22-24,31H,1-2,5-21H2,(H,29,34)(H,30,32). The lowest BCUT2D eigenvalue weighted by Crippen LogP contribution is -2.50. The number of esters is 1. The molecular formula is C28H46N2O5. The zero-order chi connectivity index (χ0) is 25.5. The molecule has 2 aliphatic rings. The SMILES string of the molecule is C=CCCCC(=O)OCC(CC1CCCCC1)NC(=O)C(CC=C)CC(=O)NC1(CO)CCCC1. The van der Waals surface area contributed by atoms with Crippen molar-refractivity contribution in [2.45, 2.75) is 108 Å². The quantitative estimate of drug-likeness (QED) is 0.170. The Hall–Kier alpha value is -2.15. The lowest BCUT2D eigenvalue weighted by atomic mass is 9.84. The van der Waals surface area contributed by atoms with Gasteiger partial charge >= 0.3 is 5.97 Å². The van der Waals surface area contributed by atoms with E-state index in [9.17, 15) is 19.5 Å². The first kappa shape index (κ1) is 29.1. The second-order valence-corrected chi connectivity index (χ2v) is 10.4. The molecule has 0 bridgehead atoms. The molecule has 0 aromatic carbocycles. The third-order valence-corrected chi connectivity index (χ3v) is 7.45. The van der Waals surface area contributed by atoms with Gasteiger partial charge in [-0.3, -0.25) is 14.4 Å². The number of carbonyl (C=O) groups excluding carboxylic acids is 3. The van der Waals surface area contributed by atoms with Gasteiger partial charge in [-0.15, -0.1) is 13.2 Å². The van der Waals surface area contributed by atoms with Crippen LogP contribution in [-0.4, -0.2) is 47.7 Å². The van der Waals surface area contributed by atoms with Gasteiger partial charge in [0.1, 0.15) is 6.61 Å². The molecule has 0 aromatic rings. The van der Waals surface area contributed by atoms with Crippen molar-refractivity contribution in [2.24, 2.45) is 11.8 Å². The van der Waals surface area contributed by atoms with E-state index < -0.39 is 11.5 Å². The fourth-order valence-corrected chi connectivity index (χ4v) is 5.40. The summed E-state index contributed by atoms with van der Waals surface area (Å²) < 4.78 is 5.52. The van der Waals surface area contributed by atoms with E-state index in [0.717, 1.165) is 51.4 Å². The van der Waals surface area contributed by atoms with Crippen molar-refractivity contribution in [3.63, 3.8) is 0 Å². The normalized spacial score (nSPS) is 19.3. The van der Waals surface area contributed by atoms with E-state index >= 15 is 0 Å². The molecule has 0 saturated heterocycles. The predicted molar refractivity (Wildman–Crippen MR) is 137 cm³/mol. The highest BCUT2D eigenvalue weighted by molar-refractivity contribution is 5.86. The molecule has 2 amide bonds. The van der Waals surface area contributed by atoms with Gasteiger partial charge in [0.05, 0.1) is 24.1 Å². The Labute approximate surface area is 211 Å². The Bertz CT molecular complexity index is 695. The minimum absolute atomic E-state index is 0.0388. The molecule has 7 heteroatoms. The predicted octanol–water partition coefficient (Wildman–Crippen LogP) is 4.34. The van der Waals surface area contributed by atoms with Gasteiger partial charge in [-0.25, -0.2) is 0 Å². The van der Waals surface area contributed by atoms with Gasteiger partial charge in [0.2, 0.25) is 11.8 Å². The summed E-state index contributed by atoms with van der Waals surface area (Å²) in [6, 6.07) is -0.275. The van der Waals surface area contributed by atoms with Crippen molar-refractivity contribution in [3.05, 3.63) is 25.3 Å². The molecule has 0 radical (unpaired) electrons. The third kappa shape index (κ3) is 10.6. The molecule has 2 unspecified atom stereocenters. The minimum Gasteiger partial charge on any atom is -0.463 e. The molecule has 7 nitrogen and oxygen atoms in total. The van der Waals surface area contributed by atoms with Crippen molar-refractivity contribution in [1.82, 2.24) is 10.6 Å². The number of carbonyl (C=O) groups is 3. The number of unbranched alkanes of at least 4 members (excludes halogenated alkanes) is 1. The Morgan fingerprint density at radius 1 is 1.06 bits per heavy atom. The molecular weight excluding hydrogens is 444 g/mol. The highest BCUT2D eigenvalue weighted by Gasteiger charge is 2.35. The Balaban J connectivity index is 1.96. The number of allylic oxidation sites excluding steroid dienone is 2. The summed E-state index contributed by atoms with van der Waals surface area (Å²) in [6.07, 6.45) is 15.8. The average molecular weight is 491 g/mol. The number of ether oxygens (including phenoxy) is 1. The topological polar surface area (TPSA) is 105 Å². The van der Waals surface area contributed by atoms with Crippen LogP contribution in [0, 0.1) is 11.8 Å². The van der Waals surface area contributed by atoms with Gasteiger partial charge in [-0.05, 0) is 44.4 Å². The van der Waals surface area contributed by atoms with Gasteiger partial charge in [0, 0.05) is 12.8 Å². The van der Waals surface area contributed by atoms with E-state index in [4.69, 9.17) is 4.74 Å². The van der Waals surface area contributed by atoms with E-state index in [-0.39, 0.29) is 43.5 Å². The minimum atomic E-state index is -0.560. The number of rotatable bonds is 16. The molecule has 0 aliphatic heterocycles. The van der Waals surface area contributed by atoms with Crippen molar-refractivity contribution in [1.29, 1.82) is 0 Å². The summed E-state index contributed by atoms with van der Waals surface area (Å²) in [4.78, 5) is 38.2. The molecule has 2 fully saturated rings. The molecule has 2 rings (SSSR count). The van der Waals surface area contributed by atoms with Gasteiger partial charge in [-0.1, -0.05) is 57.1 Å². The molecule has 2 saturated carbocycles. The third-order valence-electron chi connectivity index (χ3n) is 7.45. The molecule has 2 atom stereocenters. The molecule has 3 N–H and O–H groups in total. The first-order valence-corrected chi connectivity index (χ1v) is 13.5. The summed E-state index contributed by atoms with van der Waals surface area (Å²) in [6.45, 7) is 7.50. The van der Waals surface area contributed by atoms with Crippen LogP contribution in [0.15, 0.2) is 25.3 Å². The molecule has 0 heterocycles. The highest BCUT2D eigenvalue weighted by Crippen LogP contribution is 2.30. The van der Waals surface area contributed by atoms with Crippen LogP contribution in [0.2, 0.25) is 0 Å². The van der Waals surface area contributed by atoms with Gasteiger partial charge in [0.15, 0.2) is 0 Å². The van der Waals surface area contributed by atoms with Crippen LogP contribution in [0.3, 0.4) is 0 Å². The monoisotopic (exact) mass is 490 g/mol. The zero-order valence-corrected chi connectivity index (χ0v) is 21.4. The average Bonchev–Trinajstić information content (AvgIpc) is 3.31. The van der Waals surface area contributed by atoms with E-state index in [2.05, 4.69) is 23.8 Å². The highest BCUT2D eigenvalue weighted by atomic mass is 16.5. The fourth-order valence-electron chi connectivity index (χ4n) is 5.40.